The Morgan fingerprint density at radius 3 is 2.67 bits per heavy atom. The summed E-state index contributed by atoms with van der Waals surface area (Å²) >= 11 is 0. The van der Waals surface area contributed by atoms with Crippen LogP contribution in [0.3, 0.4) is 0 Å². The van der Waals surface area contributed by atoms with Crippen LogP contribution >= 0.6 is 0 Å². The molecule has 4 bridgehead atoms. The topological polar surface area (TPSA) is 20.2 Å². The van der Waals surface area contributed by atoms with Crippen LogP contribution in [-0.4, -0.2) is 10.7 Å². The minimum absolute atomic E-state index is 0.294. The highest BCUT2D eigenvalue weighted by molar-refractivity contribution is 5.13. The second kappa shape index (κ2) is 3.53. The number of fused-ring (bicyclic) bond motifs is 2. The molecule has 7 atom stereocenters. The Labute approximate surface area is 111 Å². The maximum atomic E-state index is 11.0. The molecule has 0 saturated heterocycles. The lowest BCUT2D eigenvalue weighted by atomic mass is 9.39. The third-order valence-electron chi connectivity index (χ3n) is 7.47. The van der Waals surface area contributed by atoms with Crippen LogP contribution in [0.5, 0.6) is 0 Å². The molecular weight excluding hydrogens is 220 g/mol. The fourth-order valence-corrected chi connectivity index (χ4v) is 6.97. The van der Waals surface area contributed by atoms with Crippen molar-refractivity contribution in [1.82, 2.24) is 0 Å². The highest BCUT2D eigenvalue weighted by Gasteiger charge is 2.62. The van der Waals surface area contributed by atoms with Crippen molar-refractivity contribution in [1.29, 1.82) is 0 Å². The molecule has 18 heavy (non-hydrogen) atoms. The molecule has 4 aliphatic rings. The van der Waals surface area contributed by atoms with Crippen molar-refractivity contribution in [3.05, 3.63) is 0 Å². The van der Waals surface area contributed by atoms with Gasteiger partial charge >= 0.3 is 0 Å². The van der Waals surface area contributed by atoms with Crippen LogP contribution in [0.25, 0.3) is 0 Å². The Morgan fingerprint density at radius 2 is 1.89 bits per heavy atom. The molecule has 0 spiro atoms. The highest BCUT2D eigenvalue weighted by Crippen LogP contribution is 2.68. The Morgan fingerprint density at radius 1 is 1.11 bits per heavy atom. The fraction of sp³-hybridized carbons (Fsp3) is 1.00. The van der Waals surface area contributed by atoms with Crippen LogP contribution < -0.4 is 0 Å². The van der Waals surface area contributed by atoms with E-state index in [2.05, 4.69) is 13.8 Å². The second-order valence-electron chi connectivity index (χ2n) is 8.37. The van der Waals surface area contributed by atoms with E-state index in [-0.39, 0.29) is 5.60 Å². The van der Waals surface area contributed by atoms with Gasteiger partial charge in [0.1, 0.15) is 0 Å². The lowest BCUT2D eigenvalue weighted by molar-refractivity contribution is -0.216. The predicted molar refractivity (Wildman–Crippen MR) is 73.1 cm³/mol. The molecule has 0 aromatic carbocycles. The van der Waals surface area contributed by atoms with Crippen LogP contribution in [0.2, 0.25) is 0 Å². The maximum Gasteiger partial charge on any atom is 0.0658 e. The number of hydrogen-bond acceptors (Lipinski definition) is 1. The summed E-state index contributed by atoms with van der Waals surface area (Å²) in [4.78, 5) is 0. The number of rotatable bonds is 1. The third kappa shape index (κ3) is 1.38. The molecule has 4 rings (SSSR count). The monoisotopic (exact) mass is 248 g/mol. The first-order valence-electron chi connectivity index (χ1n) is 8.26. The van der Waals surface area contributed by atoms with Gasteiger partial charge < -0.3 is 5.11 Å². The predicted octanol–water partition coefficient (Wildman–Crippen LogP) is 4.00. The van der Waals surface area contributed by atoms with Crippen LogP contribution in [0.15, 0.2) is 0 Å². The molecule has 1 heteroatoms. The second-order valence-corrected chi connectivity index (χ2v) is 8.37. The minimum Gasteiger partial charge on any atom is -0.390 e. The van der Waals surface area contributed by atoms with Crippen molar-refractivity contribution in [3.63, 3.8) is 0 Å². The van der Waals surface area contributed by atoms with Crippen LogP contribution in [-0.2, 0) is 0 Å². The summed E-state index contributed by atoms with van der Waals surface area (Å²) < 4.78 is 0. The largest absolute Gasteiger partial charge is 0.390 e. The van der Waals surface area contributed by atoms with E-state index in [1.807, 2.05) is 0 Å². The van der Waals surface area contributed by atoms with Gasteiger partial charge in [-0.25, -0.2) is 0 Å². The summed E-state index contributed by atoms with van der Waals surface area (Å²) in [6, 6.07) is 0. The van der Waals surface area contributed by atoms with Gasteiger partial charge in [-0.1, -0.05) is 26.7 Å². The van der Waals surface area contributed by atoms with E-state index < -0.39 is 0 Å². The van der Waals surface area contributed by atoms with E-state index in [0.29, 0.717) is 5.41 Å². The van der Waals surface area contributed by atoms with Crippen molar-refractivity contribution in [3.8, 4) is 0 Å². The van der Waals surface area contributed by atoms with Crippen molar-refractivity contribution in [2.45, 2.75) is 70.8 Å². The molecule has 0 aromatic rings. The van der Waals surface area contributed by atoms with E-state index in [9.17, 15) is 5.11 Å². The molecule has 7 unspecified atom stereocenters. The quantitative estimate of drug-likeness (QED) is 0.743. The Bertz CT molecular complexity index is 361. The van der Waals surface area contributed by atoms with Gasteiger partial charge in [-0.2, -0.15) is 0 Å². The van der Waals surface area contributed by atoms with Crippen LogP contribution in [0, 0.1) is 35.0 Å². The normalized spacial score (nSPS) is 61.8. The van der Waals surface area contributed by atoms with Crippen LogP contribution in [0.1, 0.15) is 65.2 Å². The smallest absolute Gasteiger partial charge is 0.0658 e. The first-order valence-corrected chi connectivity index (χ1v) is 8.26. The number of hydrogen-bond donors (Lipinski definition) is 1. The molecule has 4 saturated carbocycles. The molecule has 0 amide bonds. The van der Waals surface area contributed by atoms with Crippen molar-refractivity contribution in [2.75, 3.05) is 0 Å². The molecule has 4 fully saturated rings. The summed E-state index contributed by atoms with van der Waals surface area (Å²) in [6.07, 6.45) is 10.5. The molecule has 4 aliphatic carbocycles. The van der Waals surface area contributed by atoms with Gasteiger partial charge in [0.15, 0.2) is 0 Å². The third-order valence-corrected chi connectivity index (χ3v) is 7.47. The molecule has 0 heterocycles. The lowest BCUT2D eigenvalue weighted by Gasteiger charge is -2.67. The number of aliphatic hydroxyl groups is 1. The van der Waals surface area contributed by atoms with E-state index in [4.69, 9.17) is 0 Å². The van der Waals surface area contributed by atoms with Gasteiger partial charge in [0.2, 0.25) is 0 Å². The van der Waals surface area contributed by atoms with Crippen molar-refractivity contribution < 1.29 is 5.11 Å². The van der Waals surface area contributed by atoms with Gasteiger partial charge in [-0.3, -0.25) is 0 Å². The zero-order valence-corrected chi connectivity index (χ0v) is 12.0. The lowest BCUT2D eigenvalue weighted by Crippen LogP contribution is -2.62. The molecule has 0 radical (unpaired) electrons. The van der Waals surface area contributed by atoms with E-state index in [1.54, 1.807) is 0 Å². The zero-order valence-electron chi connectivity index (χ0n) is 12.0. The average Bonchev–Trinajstić information content (AvgIpc) is 2.34. The van der Waals surface area contributed by atoms with Gasteiger partial charge in [-0.05, 0) is 73.5 Å². The Balaban J connectivity index is 1.79. The highest BCUT2D eigenvalue weighted by atomic mass is 16.3. The molecular formula is C17H28O. The zero-order chi connectivity index (χ0) is 12.5. The van der Waals surface area contributed by atoms with Crippen molar-refractivity contribution >= 4 is 0 Å². The summed E-state index contributed by atoms with van der Waals surface area (Å²) in [7, 11) is 0. The van der Waals surface area contributed by atoms with Gasteiger partial charge in [-0.15, -0.1) is 0 Å². The molecule has 1 N–H and O–H groups in total. The van der Waals surface area contributed by atoms with Crippen molar-refractivity contribution in [2.24, 2.45) is 35.0 Å². The van der Waals surface area contributed by atoms with Gasteiger partial charge in [0, 0.05) is 0 Å². The summed E-state index contributed by atoms with van der Waals surface area (Å²) in [5.41, 5.74) is 0.185. The molecule has 1 nitrogen and oxygen atoms in total. The molecule has 102 valence electrons. The van der Waals surface area contributed by atoms with E-state index in [1.165, 1.54) is 32.1 Å². The fourth-order valence-electron chi connectivity index (χ4n) is 6.97. The first-order chi connectivity index (χ1) is 8.54. The average molecular weight is 248 g/mol. The van der Waals surface area contributed by atoms with E-state index in [0.717, 1.165) is 48.9 Å². The van der Waals surface area contributed by atoms with Crippen LogP contribution in [0.4, 0.5) is 0 Å². The molecule has 0 aliphatic heterocycles. The summed E-state index contributed by atoms with van der Waals surface area (Å²) in [6.45, 7) is 4.89. The standard InChI is InChI=1S/C17H28O/c1-3-12-8-17(18)9-13-5-4-11-6-14(12)16(2,10-17)15(13)7-11/h11-15,18H,3-10H2,1-2H3. The summed E-state index contributed by atoms with van der Waals surface area (Å²) in [5, 5.41) is 11.0. The first kappa shape index (κ1) is 11.8. The minimum atomic E-state index is -0.294. The summed E-state index contributed by atoms with van der Waals surface area (Å²) in [5.74, 6) is 4.56. The van der Waals surface area contributed by atoms with E-state index >= 15 is 0 Å². The Hall–Kier alpha value is -0.0400. The molecule has 0 aromatic heterocycles. The van der Waals surface area contributed by atoms with Gasteiger partial charge in [0.25, 0.3) is 0 Å². The SMILES string of the molecule is CCC1CC2(O)CC3CCC4CC1C(C)(C2)C3C4. The maximum absolute atomic E-state index is 11.0. The Kier molecular flexibility index (Phi) is 2.31. The van der Waals surface area contributed by atoms with Gasteiger partial charge in [0.05, 0.1) is 5.60 Å².